The molecule has 0 saturated carbocycles. The topological polar surface area (TPSA) is 64.4 Å². The van der Waals surface area contributed by atoms with Gasteiger partial charge in [-0.25, -0.2) is 0 Å². The van der Waals surface area contributed by atoms with E-state index in [0.717, 1.165) is 16.8 Å². The number of ether oxygens (including phenoxy) is 1. The molecule has 1 unspecified atom stereocenters. The Kier molecular flexibility index (Phi) is 3.17. The van der Waals surface area contributed by atoms with E-state index in [-0.39, 0.29) is 5.91 Å². The van der Waals surface area contributed by atoms with Crippen LogP contribution in [0.2, 0.25) is 0 Å². The van der Waals surface area contributed by atoms with Crippen molar-refractivity contribution in [1.82, 2.24) is 0 Å². The molecule has 92 valence electrons. The number of amides is 1. The number of anilines is 1. The summed E-state index contributed by atoms with van der Waals surface area (Å²) in [6.45, 7) is 4.80. The molecule has 0 aliphatic carbocycles. The molecule has 1 aliphatic heterocycles. The summed E-state index contributed by atoms with van der Waals surface area (Å²) < 4.78 is 5.19. The van der Waals surface area contributed by atoms with Crippen molar-refractivity contribution in [2.45, 2.75) is 25.8 Å². The number of hydrogen-bond acceptors (Lipinski definition) is 3. The Balaban J connectivity index is 2.15. The van der Waals surface area contributed by atoms with Crippen LogP contribution in [0.4, 0.5) is 5.69 Å². The van der Waals surface area contributed by atoms with Crippen molar-refractivity contribution in [3.8, 4) is 0 Å². The number of carbonyl (C=O) groups is 1. The largest absolute Gasteiger partial charge is 0.379 e. The molecule has 0 spiro atoms. The Bertz CT molecular complexity index is 437. The highest BCUT2D eigenvalue weighted by Crippen LogP contribution is 2.21. The van der Waals surface area contributed by atoms with E-state index in [0.29, 0.717) is 19.6 Å². The highest BCUT2D eigenvalue weighted by atomic mass is 16.5. The van der Waals surface area contributed by atoms with Crippen LogP contribution < -0.4 is 11.1 Å². The zero-order valence-corrected chi connectivity index (χ0v) is 10.2. The van der Waals surface area contributed by atoms with Crippen molar-refractivity contribution < 1.29 is 9.53 Å². The number of carbonyl (C=O) groups excluding carboxylic acids is 1. The van der Waals surface area contributed by atoms with Crippen LogP contribution in [-0.4, -0.2) is 24.7 Å². The predicted molar refractivity (Wildman–Crippen MR) is 66.9 cm³/mol. The Morgan fingerprint density at radius 3 is 2.88 bits per heavy atom. The molecule has 4 nitrogen and oxygen atoms in total. The van der Waals surface area contributed by atoms with Gasteiger partial charge in [0, 0.05) is 12.3 Å². The lowest BCUT2D eigenvalue weighted by Crippen LogP contribution is -2.51. The number of hydrogen-bond donors (Lipinski definition) is 2. The molecule has 4 heteroatoms. The average Bonchev–Trinajstić information content (AvgIpc) is 2.72. The van der Waals surface area contributed by atoms with Crippen LogP contribution in [0.5, 0.6) is 0 Å². The molecular weight excluding hydrogens is 216 g/mol. The van der Waals surface area contributed by atoms with Crippen LogP contribution in [0.3, 0.4) is 0 Å². The van der Waals surface area contributed by atoms with E-state index >= 15 is 0 Å². The van der Waals surface area contributed by atoms with Crippen LogP contribution in [0.25, 0.3) is 0 Å². The third kappa shape index (κ3) is 2.48. The van der Waals surface area contributed by atoms with Gasteiger partial charge in [0.05, 0.1) is 6.61 Å². The van der Waals surface area contributed by atoms with E-state index in [9.17, 15) is 4.79 Å². The van der Waals surface area contributed by atoms with Gasteiger partial charge in [-0.05, 0) is 37.5 Å². The number of nitrogens with one attached hydrogen (secondary N) is 1. The highest BCUT2D eigenvalue weighted by molar-refractivity contribution is 5.98. The molecule has 1 atom stereocenters. The summed E-state index contributed by atoms with van der Waals surface area (Å²) in [5, 5.41) is 2.89. The standard InChI is InChI=1S/C13H18N2O2/c1-9-3-4-10(2)11(7-9)15-12(16)13(14)5-6-17-8-13/h3-4,7H,5-6,8,14H2,1-2H3,(H,15,16). The number of rotatable bonds is 2. The molecular formula is C13H18N2O2. The third-order valence-electron chi connectivity index (χ3n) is 3.15. The Hall–Kier alpha value is -1.39. The molecule has 1 aliphatic rings. The van der Waals surface area contributed by atoms with Crippen LogP contribution in [0, 0.1) is 13.8 Å². The smallest absolute Gasteiger partial charge is 0.246 e. The maximum absolute atomic E-state index is 12.1. The van der Waals surface area contributed by atoms with Gasteiger partial charge in [-0.3, -0.25) is 4.79 Å². The fraction of sp³-hybridized carbons (Fsp3) is 0.462. The molecule has 1 aromatic rings. The molecule has 3 N–H and O–H groups in total. The molecule has 1 heterocycles. The van der Waals surface area contributed by atoms with E-state index in [1.165, 1.54) is 0 Å². The third-order valence-corrected chi connectivity index (χ3v) is 3.15. The van der Waals surface area contributed by atoms with E-state index in [2.05, 4.69) is 5.32 Å². The Morgan fingerprint density at radius 1 is 1.47 bits per heavy atom. The second-order valence-electron chi connectivity index (χ2n) is 4.73. The zero-order chi connectivity index (χ0) is 12.5. The SMILES string of the molecule is Cc1ccc(C)c(NC(=O)C2(N)CCOC2)c1. The molecule has 1 amide bonds. The second kappa shape index (κ2) is 4.47. The van der Waals surface area contributed by atoms with Crippen molar-refractivity contribution in [2.75, 3.05) is 18.5 Å². The van der Waals surface area contributed by atoms with Gasteiger partial charge in [0.1, 0.15) is 5.54 Å². The summed E-state index contributed by atoms with van der Waals surface area (Å²) in [7, 11) is 0. The average molecular weight is 234 g/mol. The molecule has 0 radical (unpaired) electrons. The summed E-state index contributed by atoms with van der Waals surface area (Å²) in [6.07, 6.45) is 0.573. The van der Waals surface area contributed by atoms with Crippen molar-refractivity contribution in [2.24, 2.45) is 5.73 Å². The Labute approximate surface area is 101 Å². The van der Waals surface area contributed by atoms with E-state index in [4.69, 9.17) is 10.5 Å². The first kappa shape index (κ1) is 12.1. The molecule has 2 rings (SSSR count). The van der Waals surface area contributed by atoms with Crippen LogP contribution in [0.1, 0.15) is 17.5 Å². The first-order valence-electron chi connectivity index (χ1n) is 5.77. The van der Waals surface area contributed by atoms with Crippen LogP contribution in [-0.2, 0) is 9.53 Å². The fourth-order valence-corrected chi connectivity index (χ4v) is 1.88. The lowest BCUT2D eigenvalue weighted by molar-refractivity contribution is -0.121. The monoisotopic (exact) mass is 234 g/mol. The maximum atomic E-state index is 12.1. The van der Waals surface area contributed by atoms with Crippen LogP contribution in [0.15, 0.2) is 18.2 Å². The molecule has 17 heavy (non-hydrogen) atoms. The Morgan fingerprint density at radius 2 is 2.24 bits per heavy atom. The first-order chi connectivity index (χ1) is 8.01. The van der Waals surface area contributed by atoms with E-state index in [1.807, 2.05) is 32.0 Å². The van der Waals surface area contributed by atoms with Gasteiger partial charge in [-0.2, -0.15) is 0 Å². The highest BCUT2D eigenvalue weighted by Gasteiger charge is 2.38. The first-order valence-corrected chi connectivity index (χ1v) is 5.77. The van der Waals surface area contributed by atoms with Gasteiger partial charge in [0.15, 0.2) is 0 Å². The number of nitrogens with two attached hydrogens (primary N) is 1. The normalized spacial score (nSPS) is 23.7. The van der Waals surface area contributed by atoms with Gasteiger partial charge in [0.25, 0.3) is 0 Å². The lowest BCUT2D eigenvalue weighted by atomic mass is 9.99. The summed E-state index contributed by atoms with van der Waals surface area (Å²) in [5.41, 5.74) is 8.09. The molecule has 1 fully saturated rings. The molecule has 0 bridgehead atoms. The number of aryl methyl sites for hydroxylation is 2. The van der Waals surface area contributed by atoms with Crippen LogP contribution >= 0.6 is 0 Å². The summed E-state index contributed by atoms with van der Waals surface area (Å²) >= 11 is 0. The minimum atomic E-state index is -0.879. The number of benzene rings is 1. The minimum Gasteiger partial charge on any atom is -0.379 e. The zero-order valence-electron chi connectivity index (χ0n) is 10.2. The maximum Gasteiger partial charge on any atom is 0.246 e. The van der Waals surface area contributed by atoms with Gasteiger partial charge in [0.2, 0.25) is 5.91 Å². The quantitative estimate of drug-likeness (QED) is 0.812. The lowest BCUT2D eigenvalue weighted by Gasteiger charge is -2.21. The summed E-state index contributed by atoms with van der Waals surface area (Å²) in [4.78, 5) is 12.1. The fourth-order valence-electron chi connectivity index (χ4n) is 1.88. The van der Waals surface area contributed by atoms with E-state index < -0.39 is 5.54 Å². The predicted octanol–water partition coefficient (Wildman–Crippen LogP) is 1.36. The van der Waals surface area contributed by atoms with Crippen molar-refractivity contribution in [3.63, 3.8) is 0 Å². The molecule has 1 saturated heterocycles. The molecule has 0 aromatic heterocycles. The summed E-state index contributed by atoms with van der Waals surface area (Å²) in [6, 6.07) is 5.95. The van der Waals surface area contributed by atoms with Crippen molar-refractivity contribution in [3.05, 3.63) is 29.3 Å². The van der Waals surface area contributed by atoms with Crippen molar-refractivity contribution in [1.29, 1.82) is 0 Å². The minimum absolute atomic E-state index is 0.163. The van der Waals surface area contributed by atoms with E-state index in [1.54, 1.807) is 0 Å². The van der Waals surface area contributed by atoms with Gasteiger partial charge < -0.3 is 15.8 Å². The molecule has 1 aromatic carbocycles. The second-order valence-corrected chi connectivity index (χ2v) is 4.73. The van der Waals surface area contributed by atoms with Crippen molar-refractivity contribution >= 4 is 11.6 Å². The summed E-state index contributed by atoms with van der Waals surface area (Å²) in [5.74, 6) is -0.163. The van der Waals surface area contributed by atoms with Gasteiger partial charge >= 0.3 is 0 Å². The van der Waals surface area contributed by atoms with Gasteiger partial charge in [-0.1, -0.05) is 12.1 Å². The van der Waals surface area contributed by atoms with Gasteiger partial charge in [-0.15, -0.1) is 0 Å².